The van der Waals surface area contributed by atoms with Crippen molar-refractivity contribution in [1.82, 2.24) is 10.3 Å². The van der Waals surface area contributed by atoms with E-state index < -0.39 is 5.97 Å². The molecule has 44 heavy (non-hydrogen) atoms. The first kappa shape index (κ1) is 30.9. The van der Waals surface area contributed by atoms with Gasteiger partial charge in [0.15, 0.2) is 5.13 Å². The molecule has 3 N–H and O–H groups in total. The number of carbonyl (C=O) groups excluding carboxylic acids is 2. The first-order valence-corrected chi connectivity index (χ1v) is 15.8. The van der Waals surface area contributed by atoms with Crippen molar-refractivity contribution in [2.45, 2.75) is 64.8 Å². The fourth-order valence-corrected chi connectivity index (χ4v) is 6.01. The van der Waals surface area contributed by atoms with Crippen molar-refractivity contribution in [2.75, 3.05) is 16.8 Å². The predicted molar refractivity (Wildman–Crippen MR) is 177 cm³/mol. The van der Waals surface area contributed by atoms with Gasteiger partial charge < -0.3 is 10.4 Å². The third-order valence-electron chi connectivity index (χ3n) is 7.73. The number of amides is 3. The summed E-state index contributed by atoms with van der Waals surface area (Å²) in [5.74, 6) is -1.31. The molecule has 0 radical (unpaired) electrons. The number of hydrogen-bond donors (Lipinski definition) is 3. The maximum Gasteiger partial charge on any atom is 0.328 e. The van der Waals surface area contributed by atoms with E-state index in [2.05, 4.69) is 67.8 Å². The van der Waals surface area contributed by atoms with E-state index in [1.54, 1.807) is 29.2 Å². The zero-order valence-corrected chi connectivity index (χ0v) is 26.2. The molecule has 0 fully saturated rings. The highest BCUT2D eigenvalue weighted by Gasteiger charge is 2.20. The number of fused-ring (bicyclic) bond motifs is 1. The summed E-state index contributed by atoms with van der Waals surface area (Å²) in [6, 6.07) is 21.0. The molecular formula is C35H38N4O4S. The molecule has 1 aliphatic rings. The number of aromatic nitrogens is 1. The molecule has 3 aromatic carbocycles. The number of urea groups is 1. The Morgan fingerprint density at radius 2 is 1.73 bits per heavy atom. The number of hydrogen-bond acceptors (Lipinski definition) is 5. The van der Waals surface area contributed by atoms with E-state index in [4.69, 9.17) is 10.1 Å². The number of allylic oxidation sites excluding steroid dienone is 2. The van der Waals surface area contributed by atoms with E-state index in [0.717, 1.165) is 34.3 Å². The summed E-state index contributed by atoms with van der Waals surface area (Å²) in [5.41, 5.74) is 6.55. The molecule has 0 aliphatic heterocycles. The number of carbonyl (C=O) groups is 3. The van der Waals surface area contributed by atoms with E-state index in [-0.39, 0.29) is 36.9 Å². The van der Waals surface area contributed by atoms with Crippen LogP contribution in [0.3, 0.4) is 0 Å². The van der Waals surface area contributed by atoms with Crippen molar-refractivity contribution in [3.8, 4) is 0 Å². The quantitative estimate of drug-likeness (QED) is 0.178. The molecule has 228 valence electrons. The van der Waals surface area contributed by atoms with Crippen molar-refractivity contribution in [2.24, 2.45) is 0 Å². The minimum Gasteiger partial charge on any atom is -0.481 e. The highest BCUT2D eigenvalue weighted by Crippen LogP contribution is 2.32. The van der Waals surface area contributed by atoms with E-state index in [9.17, 15) is 14.4 Å². The lowest BCUT2D eigenvalue weighted by molar-refractivity contribution is -0.136. The second kappa shape index (κ2) is 13.4. The fraction of sp³-hybridized carbons (Fsp3) is 0.314. The Balaban J connectivity index is 1.37. The normalized spacial score (nSPS) is 13.3. The topological polar surface area (TPSA) is 112 Å². The first-order chi connectivity index (χ1) is 21.1. The smallest absolute Gasteiger partial charge is 0.328 e. The molecule has 0 bridgehead atoms. The lowest BCUT2D eigenvalue weighted by Crippen LogP contribution is -2.34. The Kier molecular flexibility index (Phi) is 9.44. The predicted octanol–water partition coefficient (Wildman–Crippen LogP) is 7.99. The molecule has 0 saturated heterocycles. The molecular weight excluding hydrogens is 572 g/mol. The van der Waals surface area contributed by atoms with Crippen molar-refractivity contribution >= 4 is 55.9 Å². The van der Waals surface area contributed by atoms with Crippen LogP contribution in [-0.2, 0) is 16.8 Å². The van der Waals surface area contributed by atoms with Crippen LogP contribution in [0.2, 0.25) is 0 Å². The van der Waals surface area contributed by atoms with Crippen LogP contribution in [-0.4, -0.2) is 34.5 Å². The fourth-order valence-electron chi connectivity index (χ4n) is 5.17. The summed E-state index contributed by atoms with van der Waals surface area (Å²) in [5, 5.41) is 15.0. The average molecular weight is 611 g/mol. The number of nitrogens with zero attached hydrogens (tertiary/aromatic N) is 2. The zero-order chi connectivity index (χ0) is 31.3. The molecule has 9 heteroatoms. The minimum absolute atomic E-state index is 0.00739. The summed E-state index contributed by atoms with van der Waals surface area (Å²) in [6.07, 6.45) is 6.74. The van der Waals surface area contributed by atoms with Crippen LogP contribution in [0.1, 0.15) is 79.9 Å². The highest BCUT2D eigenvalue weighted by atomic mass is 32.1. The van der Waals surface area contributed by atoms with Gasteiger partial charge in [0.25, 0.3) is 5.91 Å². The van der Waals surface area contributed by atoms with Crippen LogP contribution >= 0.6 is 11.3 Å². The van der Waals surface area contributed by atoms with Crippen molar-refractivity contribution in [3.63, 3.8) is 0 Å². The van der Waals surface area contributed by atoms with E-state index in [1.807, 2.05) is 12.1 Å². The van der Waals surface area contributed by atoms with Gasteiger partial charge in [-0.25, -0.2) is 9.78 Å². The molecule has 1 heterocycles. The molecule has 0 atom stereocenters. The van der Waals surface area contributed by atoms with Crippen LogP contribution in [0, 0.1) is 0 Å². The number of anilines is 2. The second-order valence-electron chi connectivity index (χ2n) is 12.1. The molecule has 1 aliphatic carbocycles. The van der Waals surface area contributed by atoms with Crippen LogP contribution in [0.5, 0.6) is 0 Å². The van der Waals surface area contributed by atoms with Gasteiger partial charge in [-0.15, -0.1) is 0 Å². The van der Waals surface area contributed by atoms with Gasteiger partial charge in [-0.1, -0.05) is 68.5 Å². The Morgan fingerprint density at radius 1 is 0.977 bits per heavy atom. The van der Waals surface area contributed by atoms with Crippen LogP contribution in [0.25, 0.3) is 15.8 Å². The molecule has 0 spiro atoms. The molecule has 1 aromatic heterocycles. The SMILES string of the molecule is CC(C)(C)c1ccc2sc(NC(=O)N(Cc3ccc(C(=O)NCCC(=O)O)cc3)c3ccc(C4=CCCCC4)cc3)nc2c1. The third kappa shape index (κ3) is 7.71. The molecule has 4 aromatic rings. The standard InChI is InChI=1S/C35H38N4O4S/c1-35(2,3)27-15-18-30-29(21-27)37-33(44-30)38-34(43)39(28-16-13-25(14-17-28)24-7-5-4-6-8-24)22-23-9-11-26(12-10-23)32(42)36-20-19-31(40)41/h7,9-18,21H,4-6,8,19-20,22H2,1-3H3,(H,36,42)(H,40,41)(H,37,38,43). The molecule has 3 amide bonds. The van der Waals surface area contributed by atoms with Gasteiger partial charge in [-0.2, -0.15) is 0 Å². The number of nitrogens with one attached hydrogen (secondary N) is 2. The van der Waals surface area contributed by atoms with Gasteiger partial charge in [0.1, 0.15) is 0 Å². The summed E-state index contributed by atoms with van der Waals surface area (Å²) < 4.78 is 1.00. The van der Waals surface area contributed by atoms with Gasteiger partial charge in [0, 0.05) is 17.8 Å². The third-order valence-corrected chi connectivity index (χ3v) is 8.69. The summed E-state index contributed by atoms with van der Waals surface area (Å²) in [7, 11) is 0. The molecule has 0 unspecified atom stereocenters. The van der Waals surface area contributed by atoms with Crippen LogP contribution in [0.4, 0.5) is 15.6 Å². The number of benzene rings is 3. The van der Waals surface area contributed by atoms with Gasteiger partial charge in [0.2, 0.25) is 0 Å². The number of thiazole rings is 1. The molecule has 5 rings (SSSR count). The average Bonchev–Trinajstić information content (AvgIpc) is 3.41. The van der Waals surface area contributed by atoms with Crippen LogP contribution < -0.4 is 15.5 Å². The van der Waals surface area contributed by atoms with Crippen LogP contribution in [0.15, 0.2) is 72.8 Å². The van der Waals surface area contributed by atoms with E-state index in [1.165, 1.54) is 40.9 Å². The highest BCUT2D eigenvalue weighted by molar-refractivity contribution is 7.22. The summed E-state index contributed by atoms with van der Waals surface area (Å²) in [6.45, 7) is 6.81. The second-order valence-corrected chi connectivity index (χ2v) is 13.1. The van der Waals surface area contributed by atoms with Gasteiger partial charge in [0.05, 0.1) is 23.2 Å². The number of carboxylic acid groups (broad SMARTS) is 1. The number of rotatable bonds is 9. The molecule has 0 saturated carbocycles. The van der Waals surface area contributed by atoms with Gasteiger partial charge in [-0.05, 0) is 89.8 Å². The summed E-state index contributed by atoms with van der Waals surface area (Å²) in [4.78, 5) is 43.4. The largest absolute Gasteiger partial charge is 0.481 e. The zero-order valence-electron chi connectivity index (χ0n) is 25.4. The van der Waals surface area contributed by atoms with Crippen molar-refractivity contribution in [3.05, 3.63) is 95.1 Å². The minimum atomic E-state index is -0.969. The Bertz CT molecular complexity index is 1680. The Hall–Kier alpha value is -4.50. The lowest BCUT2D eigenvalue weighted by atomic mass is 9.87. The lowest BCUT2D eigenvalue weighted by Gasteiger charge is -2.23. The van der Waals surface area contributed by atoms with Crippen molar-refractivity contribution < 1.29 is 19.5 Å². The maximum atomic E-state index is 13.8. The van der Waals surface area contributed by atoms with Gasteiger partial charge >= 0.3 is 12.0 Å². The van der Waals surface area contributed by atoms with Gasteiger partial charge in [-0.3, -0.25) is 19.8 Å². The monoisotopic (exact) mass is 610 g/mol. The van der Waals surface area contributed by atoms with E-state index >= 15 is 0 Å². The Morgan fingerprint density at radius 3 is 2.39 bits per heavy atom. The van der Waals surface area contributed by atoms with E-state index in [0.29, 0.717) is 10.7 Å². The maximum absolute atomic E-state index is 13.8. The number of aliphatic carboxylic acids is 1. The first-order valence-electron chi connectivity index (χ1n) is 14.9. The Labute approximate surface area is 261 Å². The van der Waals surface area contributed by atoms with Crippen molar-refractivity contribution in [1.29, 1.82) is 0 Å². The summed E-state index contributed by atoms with van der Waals surface area (Å²) >= 11 is 1.44. The molecule has 8 nitrogen and oxygen atoms in total. The number of carboxylic acids is 1.